The normalized spacial score (nSPS) is 11.8. The number of nitrogens with zero attached hydrogens (tertiary/aromatic N) is 1. The lowest BCUT2D eigenvalue weighted by Crippen LogP contribution is -2.30. The van der Waals surface area contributed by atoms with Gasteiger partial charge in [-0.05, 0) is 24.3 Å². The van der Waals surface area contributed by atoms with Crippen LogP contribution in [0.2, 0.25) is 0 Å². The molecule has 0 saturated heterocycles. The van der Waals surface area contributed by atoms with E-state index in [1.807, 2.05) is 0 Å². The Bertz CT molecular complexity index is 657. The highest BCUT2D eigenvalue weighted by atomic mass is 32.1. The number of rotatable bonds is 7. The predicted molar refractivity (Wildman–Crippen MR) is 100 cm³/mol. The van der Waals surface area contributed by atoms with Gasteiger partial charge in [0.15, 0.2) is 0 Å². The standard InChI is InChI=1S/C19H28N2OS/c1-13(2)10-21(11-14(3)4)12-17-18(20-19(22)23-17)16-8-6-15(5)7-9-16/h6-9,13-14H,10-12H2,1-5H3,(H,20,22). The molecule has 0 aliphatic heterocycles. The average Bonchev–Trinajstić information content (AvgIpc) is 2.78. The summed E-state index contributed by atoms with van der Waals surface area (Å²) in [6.07, 6.45) is 0. The van der Waals surface area contributed by atoms with Gasteiger partial charge in [-0.1, -0.05) is 68.9 Å². The second kappa shape index (κ2) is 7.93. The van der Waals surface area contributed by atoms with E-state index < -0.39 is 0 Å². The molecule has 0 atom stereocenters. The van der Waals surface area contributed by atoms with Gasteiger partial charge in [0.05, 0.1) is 5.69 Å². The first-order chi connectivity index (χ1) is 10.8. The van der Waals surface area contributed by atoms with Crippen molar-refractivity contribution in [2.75, 3.05) is 13.1 Å². The topological polar surface area (TPSA) is 36.1 Å². The zero-order valence-electron chi connectivity index (χ0n) is 14.8. The van der Waals surface area contributed by atoms with Gasteiger partial charge in [0.25, 0.3) is 0 Å². The summed E-state index contributed by atoms with van der Waals surface area (Å²) in [6, 6.07) is 8.36. The molecule has 1 aromatic heterocycles. The lowest BCUT2D eigenvalue weighted by molar-refractivity contribution is 0.213. The minimum absolute atomic E-state index is 0.0321. The Morgan fingerprint density at radius 3 is 2.13 bits per heavy atom. The van der Waals surface area contributed by atoms with Crippen LogP contribution in [0.4, 0.5) is 0 Å². The van der Waals surface area contributed by atoms with E-state index in [2.05, 4.69) is 68.8 Å². The molecular formula is C19H28N2OS. The lowest BCUT2D eigenvalue weighted by Gasteiger charge is -2.25. The summed E-state index contributed by atoms with van der Waals surface area (Å²) in [5.41, 5.74) is 3.31. The molecule has 0 aliphatic carbocycles. The van der Waals surface area contributed by atoms with Crippen molar-refractivity contribution in [1.82, 2.24) is 9.88 Å². The molecule has 0 aliphatic rings. The number of nitrogens with one attached hydrogen (secondary N) is 1. The largest absolute Gasteiger partial charge is 0.312 e. The van der Waals surface area contributed by atoms with Crippen molar-refractivity contribution in [1.29, 1.82) is 0 Å². The molecule has 3 nitrogen and oxygen atoms in total. The van der Waals surface area contributed by atoms with Crippen LogP contribution >= 0.6 is 11.3 Å². The minimum Gasteiger partial charge on any atom is -0.312 e. The number of aromatic nitrogens is 1. The molecular weight excluding hydrogens is 304 g/mol. The van der Waals surface area contributed by atoms with Gasteiger partial charge in [0.2, 0.25) is 0 Å². The summed E-state index contributed by atoms with van der Waals surface area (Å²) in [6.45, 7) is 14.0. The van der Waals surface area contributed by atoms with Crippen LogP contribution in [0.5, 0.6) is 0 Å². The highest BCUT2D eigenvalue weighted by molar-refractivity contribution is 7.09. The first-order valence-corrected chi connectivity index (χ1v) is 9.18. The van der Waals surface area contributed by atoms with Gasteiger partial charge in [0.1, 0.15) is 0 Å². The fourth-order valence-electron chi connectivity index (χ4n) is 2.86. The molecule has 0 amide bonds. The molecule has 126 valence electrons. The molecule has 0 unspecified atom stereocenters. The number of aryl methyl sites for hydroxylation is 1. The van der Waals surface area contributed by atoms with Crippen LogP contribution in [0.3, 0.4) is 0 Å². The summed E-state index contributed by atoms with van der Waals surface area (Å²) in [7, 11) is 0. The quantitative estimate of drug-likeness (QED) is 0.809. The number of hydrogen-bond acceptors (Lipinski definition) is 3. The maximum atomic E-state index is 11.9. The van der Waals surface area contributed by atoms with Crippen LogP contribution < -0.4 is 4.87 Å². The Kier molecular flexibility index (Phi) is 6.19. The molecule has 0 bridgehead atoms. The van der Waals surface area contributed by atoms with Crippen molar-refractivity contribution in [2.24, 2.45) is 11.8 Å². The van der Waals surface area contributed by atoms with E-state index in [-0.39, 0.29) is 4.87 Å². The van der Waals surface area contributed by atoms with E-state index in [1.54, 1.807) is 0 Å². The van der Waals surface area contributed by atoms with E-state index in [0.717, 1.165) is 35.8 Å². The highest BCUT2D eigenvalue weighted by Gasteiger charge is 2.16. The Labute approximate surface area is 143 Å². The molecule has 2 rings (SSSR count). The van der Waals surface area contributed by atoms with Crippen LogP contribution in [-0.4, -0.2) is 23.0 Å². The molecule has 0 saturated carbocycles. The summed E-state index contributed by atoms with van der Waals surface area (Å²) in [5.74, 6) is 1.24. The van der Waals surface area contributed by atoms with Gasteiger partial charge < -0.3 is 4.98 Å². The third-order valence-corrected chi connectivity index (χ3v) is 4.54. The minimum atomic E-state index is 0.0321. The fraction of sp³-hybridized carbons (Fsp3) is 0.526. The molecule has 1 N–H and O–H groups in total. The molecule has 1 heterocycles. The number of H-pyrrole nitrogens is 1. The third kappa shape index (κ3) is 5.33. The first kappa shape index (κ1) is 18.0. The smallest absolute Gasteiger partial charge is 0.305 e. The maximum Gasteiger partial charge on any atom is 0.305 e. The second-order valence-electron chi connectivity index (χ2n) is 7.16. The Morgan fingerprint density at radius 1 is 1.04 bits per heavy atom. The Balaban J connectivity index is 2.27. The fourth-order valence-corrected chi connectivity index (χ4v) is 3.76. The first-order valence-electron chi connectivity index (χ1n) is 8.36. The van der Waals surface area contributed by atoms with E-state index in [9.17, 15) is 4.79 Å². The summed E-state index contributed by atoms with van der Waals surface area (Å²) in [5, 5.41) is 0. The van der Waals surface area contributed by atoms with Crippen LogP contribution in [0.1, 0.15) is 38.1 Å². The van der Waals surface area contributed by atoms with Crippen molar-refractivity contribution < 1.29 is 0 Å². The van der Waals surface area contributed by atoms with Gasteiger partial charge in [-0.3, -0.25) is 9.69 Å². The van der Waals surface area contributed by atoms with Crippen molar-refractivity contribution >= 4 is 11.3 Å². The molecule has 0 fully saturated rings. The van der Waals surface area contributed by atoms with E-state index in [4.69, 9.17) is 0 Å². The molecule has 0 spiro atoms. The van der Waals surface area contributed by atoms with Gasteiger partial charge in [-0.25, -0.2) is 0 Å². The van der Waals surface area contributed by atoms with Crippen molar-refractivity contribution in [2.45, 2.75) is 41.2 Å². The molecule has 1 aromatic carbocycles. The molecule has 2 aromatic rings. The number of thiazole rings is 1. The van der Waals surface area contributed by atoms with Gasteiger partial charge >= 0.3 is 4.87 Å². The van der Waals surface area contributed by atoms with Gasteiger partial charge in [-0.15, -0.1) is 0 Å². The average molecular weight is 333 g/mol. The van der Waals surface area contributed by atoms with E-state index >= 15 is 0 Å². The third-order valence-electron chi connectivity index (χ3n) is 3.68. The van der Waals surface area contributed by atoms with Crippen LogP contribution in [-0.2, 0) is 6.54 Å². The molecule has 23 heavy (non-hydrogen) atoms. The second-order valence-corrected chi connectivity index (χ2v) is 8.23. The Morgan fingerprint density at radius 2 is 1.61 bits per heavy atom. The monoisotopic (exact) mass is 332 g/mol. The molecule has 0 radical (unpaired) electrons. The van der Waals surface area contributed by atoms with E-state index in [1.165, 1.54) is 16.9 Å². The van der Waals surface area contributed by atoms with Crippen LogP contribution in [0, 0.1) is 18.8 Å². The highest BCUT2D eigenvalue weighted by Crippen LogP contribution is 2.25. The van der Waals surface area contributed by atoms with Crippen molar-refractivity contribution in [3.05, 3.63) is 44.4 Å². The zero-order valence-corrected chi connectivity index (χ0v) is 15.7. The number of aromatic amines is 1. The summed E-state index contributed by atoms with van der Waals surface area (Å²) < 4.78 is 0. The van der Waals surface area contributed by atoms with Gasteiger partial charge in [0, 0.05) is 24.5 Å². The maximum absolute atomic E-state index is 11.9. The van der Waals surface area contributed by atoms with E-state index in [0.29, 0.717) is 11.8 Å². The lowest BCUT2D eigenvalue weighted by atomic mass is 10.1. The van der Waals surface area contributed by atoms with Crippen LogP contribution in [0.25, 0.3) is 11.3 Å². The summed E-state index contributed by atoms with van der Waals surface area (Å²) in [4.78, 5) is 18.6. The van der Waals surface area contributed by atoms with Gasteiger partial charge in [-0.2, -0.15) is 0 Å². The summed E-state index contributed by atoms with van der Waals surface area (Å²) >= 11 is 1.34. The predicted octanol–water partition coefficient (Wildman–Crippen LogP) is 4.53. The zero-order chi connectivity index (χ0) is 17.0. The SMILES string of the molecule is Cc1ccc(-c2[nH]c(=O)sc2CN(CC(C)C)CC(C)C)cc1. The molecule has 4 heteroatoms. The van der Waals surface area contributed by atoms with Crippen molar-refractivity contribution in [3.8, 4) is 11.3 Å². The number of hydrogen-bond donors (Lipinski definition) is 1. The Hall–Kier alpha value is -1.39. The number of benzene rings is 1. The van der Waals surface area contributed by atoms with Crippen LogP contribution in [0.15, 0.2) is 29.1 Å². The van der Waals surface area contributed by atoms with Crippen molar-refractivity contribution in [3.63, 3.8) is 0 Å².